The number of hydrogen-bond acceptors (Lipinski definition) is 4. The zero-order chi connectivity index (χ0) is 11.1. The Bertz CT molecular complexity index is 136. The van der Waals surface area contributed by atoms with Crippen LogP contribution in [0.2, 0.25) is 0 Å². The second-order valence-corrected chi connectivity index (χ2v) is 4.25. The largest absolute Gasteiger partial charge is 0.329 e. The van der Waals surface area contributed by atoms with Gasteiger partial charge in [-0.3, -0.25) is 4.90 Å². The van der Waals surface area contributed by atoms with Gasteiger partial charge in [-0.15, -0.1) is 0 Å². The Hall–Kier alpha value is -0.160. The Morgan fingerprint density at radius 1 is 1.21 bits per heavy atom. The van der Waals surface area contributed by atoms with Crippen molar-refractivity contribution in [2.24, 2.45) is 11.5 Å². The summed E-state index contributed by atoms with van der Waals surface area (Å²) in [6, 6.07) is 0.926. The molecule has 0 heterocycles. The van der Waals surface area contributed by atoms with Gasteiger partial charge in [0.15, 0.2) is 0 Å². The molecular weight excluding hydrogens is 176 g/mol. The zero-order valence-corrected chi connectivity index (χ0v) is 9.96. The third kappa shape index (κ3) is 5.54. The molecular formula is C10H26N4. The summed E-state index contributed by atoms with van der Waals surface area (Å²) >= 11 is 0. The maximum Gasteiger partial charge on any atom is 0.0703 e. The molecule has 4 nitrogen and oxygen atoms in total. The first-order chi connectivity index (χ1) is 6.49. The van der Waals surface area contributed by atoms with E-state index < -0.39 is 0 Å². The molecule has 0 saturated carbocycles. The van der Waals surface area contributed by atoms with E-state index in [2.05, 4.69) is 37.9 Å². The summed E-state index contributed by atoms with van der Waals surface area (Å²) in [7, 11) is 0. The molecule has 4 heteroatoms. The third-order valence-electron chi connectivity index (χ3n) is 2.21. The lowest BCUT2D eigenvalue weighted by Gasteiger charge is -2.32. The van der Waals surface area contributed by atoms with Gasteiger partial charge in [0.2, 0.25) is 0 Å². The first-order valence-corrected chi connectivity index (χ1v) is 5.43. The van der Waals surface area contributed by atoms with E-state index in [9.17, 15) is 0 Å². The van der Waals surface area contributed by atoms with Crippen molar-refractivity contribution >= 4 is 0 Å². The minimum atomic E-state index is 0.0564. The van der Waals surface area contributed by atoms with Crippen molar-refractivity contribution in [1.82, 2.24) is 10.2 Å². The van der Waals surface area contributed by atoms with E-state index in [1.165, 1.54) is 0 Å². The van der Waals surface area contributed by atoms with Crippen LogP contribution in [-0.2, 0) is 0 Å². The second-order valence-electron chi connectivity index (χ2n) is 4.25. The standard InChI is InChI=1S/C10H26N4/c1-8(2)13-7-10(12)14(6-5-11)9(3)4/h8-10,13H,5-7,11-12H2,1-4H3. The summed E-state index contributed by atoms with van der Waals surface area (Å²) in [6.07, 6.45) is 0.0564. The average Bonchev–Trinajstić information content (AvgIpc) is 2.09. The molecule has 0 aliphatic carbocycles. The number of nitrogens with one attached hydrogen (secondary N) is 1. The average molecular weight is 202 g/mol. The van der Waals surface area contributed by atoms with Crippen molar-refractivity contribution in [3.05, 3.63) is 0 Å². The van der Waals surface area contributed by atoms with Crippen LogP contribution in [0.4, 0.5) is 0 Å². The van der Waals surface area contributed by atoms with Gasteiger partial charge < -0.3 is 16.8 Å². The van der Waals surface area contributed by atoms with Crippen molar-refractivity contribution in [2.45, 2.75) is 45.9 Å². The normalized spacial score (nSPS) is 14.4. The summed E-state index contributed by atoms with van der Waals surface area (Å²) in [5.41, 5.74) is 11.6. The molecule has 0 saturated heterocycles. The van der Waals surface area contributed by atoms with Gasteiger partial charge in [-0.25, -0.2) is 0 Å². The molecule has 0 aliphatic rings. The molecule has 0 aliphatic heterocycles. The predicted molar refractivity (Wildman–Crippen MR) is 62.0 cm³/mol. The van der Waals surface area contributed by atoms with Gasteiger partial charge >= 0.3 is 0 Å². The van der Waals surface area contributed by atoms with Crippen LogP contribution >= 0.6 is 0 Å². The molecule has 14 heavy (non-hydrogen) atoms. The fraction of sp³-hybridized carbons (Fsp3) is 1.00. The van der Waals surface area contributed by atoms with Crippen LogP contribution < -0.4 is 16.8 Å². The fourth-order valence-electron chi connectivity index (χ4n) is 1.43. The molecule has 0 aromatic rings. The Morgan fingerprint density at radius 3 is 2.14 bits per heavy atom. The molecule has 5 N–H and O–H groups in total. The number of nitrogens with two attached hydrogens (primary N) is 2. The molecule has 0 fully saturated rings. The highest BCUT2D eigenvalue weighted by atomic mass is 15.3. The lowest BCUT2D eigenvalue weighted by molar-refractivity contribution is 0.156. The van der Waals surface area contributed by atoms with Crippen LogP contribution in [0.5, 0.6) is 0 Å². The summed E-state index contributed by atoms with van der Waals surface area (Å²) in [6.45, 7) is 10.9. The van der Waals surface area contributed by atoms with Crippen LogP contribution in [0, 0.1) is 0 Å². The number of nitrogens with zero attached hydrogens (tertiary/aromatic N) is 1. The van der Waals surface area contributed by atoms with Crippen LogP contribution in [0.25, 0.3) is 0 Å². The minimum absolute atomic E-state index is 0.0564. The molecule has 0 amide bonds. The van der Waals surface area contributed by atoms with Gasteiger partial charge in [-0.1, -0.05) is 13.8 Å². The highest BCUT2D eigenvalue weighted by molar-refractivity contribution is 4.72. The molecule has 0 radical (unpaired) electrons. The maximum atomic E-state index is 6.06. The lowest BCUT2D eigenvalue weighted by atomic mass is 10.2. The zero-order valence-electron chi connectivity index (χ0n) is 9.96. The highest BCUT2D eigenvalue weighted by Crippen LogP contribution is 2.00. The van der Waals surface area contributed by atoms with Gasteiger partial charge in [0.05, 0.1) is 6.17 Å². The van der Waals surface area contributed by atoms with Crippen LogP contribution in [0.3, 0.4) is 0 Å². The first-order valence-electron chi connectivity index (χ1n) is 5.43. The molecule has 0 rings (SSSR count). The van der Waals surface area contributed by atoms with E-state index in [-0.39, 0.29) is 6.17 Å². The highest BCUT2D eigenvalue weighted by Gasteiger charge is 2.16. The smallest absolute Gasteiger partial charge is 0.0703 e. The van der Waals surface area contributed by atoms with Crippen molar-refractivity contribution in [3.63, 3.8) is 0 Å². The summed E-state index contributed by atoms with van der Waals surface area (Å²) < 4.78 is 0. The molecule has 0 bridgehead atoms. The van der Waals surface area contributed by atoms with E-state index in [4.69, 9.17) is 11.5 Å². The first kappa shape index (κ1) is 13.8. The molecule has 1 atom stereocenters. The van der Waals surface area contributed by atoms with Crippen LogP contribution in [0.15, 0.2) is 0 Å². The Labute approximate surface area is 88.0 Å². The van der Waals surface area contributed by atoms with Crippen molar-refractivity contribution < 1.29 is 0 Å². The molecule has 0 aromatic carbocycles. The number of hydrogen-bond donors (Lipinski definition) is 3. The monoisotopic (exact) mass is 202 g/mol. The molecule has 86 valence electrons. The van der Waals surface area contributed by atoms with Crippen LogP contribution in [-0.4, -0.2) is 42.8 Å². The second kappa shape index (κ2) is 7.17. The van der Waals surface area contributed by atoms with E-state index in [0.717, 1.165) is 13.1 Å². The van der Waals surface area contributed by atoms with E-state index in [1.807, 2.05) is 0 Å². The van der Waals surface area contributed by atoms with Crippen molar-refractivity contribution in [2.75, 3.05) is 19.6 Å². The van der Waals surface area contributed by atoms with Crippen LogP contribution in [0.1, 0.15) is 27.7 Å². The fourth-order valence-corrected chi connectivity index (χ4v) is 1.43. The van der Waals surface area contributed by atoms with Gasteiger partial charge in [0.1, 0.15) is 0 Å². The van der Waals surface area contributed by atoms with E-state index >= 15 is 0 Å². The van der Waals surface area contributed by atoms with Crippen molar-refractivity contribution in [1.29, 1.82) is 0 Å². The van der Waals surface area contributed by atoms with Gasteiger partial charge in [0, 0.05) is 31.7 Å². The Morgan fingerprint density at radius 2 is 1.79 bits per heavy atom. The van der Waals surface area contributed by atoms with Gasteiger partial charge in [-0.2, -0.15) is 0 Å². The summed E-state index contributed by atoms with van der Waals surface area (Å²) in [5, 5.41) is 3.33. The topological polar surface area (TPSA) is 67.3 Å². The quantitative estimate of drug-likeness (QED) is 0.506. The molecule has 1 unspecified atom stereocenters. The van der Waals surface area contributed by atoms with Gasteiger partial charge in [-0.05, 0) is 13.8 Å². The number of rotatable bonds is 7. The van der Waals surface area contributed by atoms with Crippen molar-refractivity contribution in [3.8, 4) is 0 Å². The maximum absolute atomic E-state index is 6.06. The predicted octanol–water partition coefficient (Wildman–Crippen LogP) is -0.0617. The SMILES string of the molecule is CC(C)NCC(N)N(CCN)C(C)C. The third-order valence-corrected chi connectivity index (χ3v) is 2.21. The van der Waals surface area contributed by atoms with E-state index in [1.54, 1.807) is 0 Å². The Kier molecular flexibility index (Phi) is 7.09. The Balaban J connectivity index is 3.94. The van der Waals surface area contributed by atoms with E-state index in [0.29, 0.717) is 18.6 Å². The minimum Gasteiger partial charge on any atom is -0.329 e. The molecule has 0 spiro atoms. The van der Waals surface area contributed by atoms with Gasteiger partial charge in [0.25, 0.3) is 0 Å². The summed E-state index contributed by atoms with van der Waals surface area (Å²) in [4.78, 5) is 2.22. The molecule has 0 aromatic heterocycles. The summed E-state index contributed by atoms with van der Waals surface area (Å²) in [5.74, 6) is 0. The lowest BCUT2D eigenvalue weighted by Crippen LogP contribution is -2.53.